The predicted octanol–water partition coefficient (Wildman–Crippen LogP) is 2.30. The van der Waals surface area contributed by atoms with Crippen molar-refractivity contribution in [3.05, 3.63) is 34.3 Å². The van der Waals surface area contributed by atoms with Gasteiger partial charge >= 0.3 is 0 Å². The third-order valence-electron chi connectivity index (χ3n) is 2.60. The number of halogens is 3. The average Bonchev–Trinajstić information content (AvgIpc) is 2.28. The van der Waals surface area contributed by atoms with Crippen LogP contribution < -0.4 is 5.73 Å². The number of amidine groups is 1. The van der Waals surface area contributed by atoms with E-state index in [9.17, 15) is 8.78 Å². The number of hydrogen-bond acceptors (Lipinski definition) is 3. The zero-order chi connectivity index (χ0) is 12.5. The molecule has 1 unspecified atom stereocenters. The van der Waals surface area contributed by atoms with E-state index in [0.717, 1.165) is 4.47 Å². The van der Waals surface area contributed by atoms with Gasteiger partial charge in [-0.3, -0.25) is 4.99 Å². The molecule has 0 radical (unpaired) electrons. The van der Waals surface area contributed by atoms with Crippen molar-refractivity contribution in [2.24, 2.45) is 10.7 Å². The molecule has 3 nitrogen and oxygen atoms in total. The molecule has 17 heavy (non-hydrogen) atoms. The first-order valence-corrected chi connectivity index (χ1v) is 5.80. The molecule has 0 amide bonds. The number of nitrogens with zero attached hydrogens (tertiary/aromatic N) is 1. The molecule has 2 rings (SSSR count). The van der Waals surface area contributed by atoms with E-state index in [1.807, 2.05) is 0 Å². The monoisotopic (exact) mass is 304 g/mol. The average molecular weight is 305 g/mol. The van der Waals surface area contributed by atoms with Gasteiger partial charge in [-0.15, -0.1) is 0 Å². The van der Waals surface area contributed by atoms with E-state index in [-0.39, 0.29) is 19.0 Å². The van der Waals surface area contributed by atoms with Crippen LogP contribution in [0.5, 0.6) is 0 Å². The Kier molecular flexibility index (Phi) is 3.44. The van der Waals surface area contributed by atoms with Crippen molar-refractivity contribution in [2.75, 3.05) is 13.2 Å². The van der Waals surface area contributed by atoms with Crippen molar-refractivity contribution in [1.82, 2.24) is 0 Å². The Bertz CT molecular complexity index is 453. The van der Waals surface area contributed by atoms with E-state index >= 15 is 0 Å². The molecule has 0 saturated heterocycles. The maximum absolute atomic E-state index is 13.3. The molecule has 6 heteroatoms. The molecular formula is C11H11BrF2N2O. The molecule has 0 aromatic heterocycles. The zero-order valence-electron chi connectivity index (χ0n) is 8.87. The SMILES string of the molecule is NC1=NC(c2cccc(Br)c2)(C(F)F)COC1. The first-order chi connectivity index (χ1) is 8.04. The van der Waals surface area contributed by atoms with E-state index < -0.39 is 12.0 Å². The Morgan fingerprint density at radius 2 is 2.24 bits per heavy atom. The molecule has 0 spiro atoms. The molecular weight excluding hydrogens is 294 g/mol. The van der Waals surface area contributed by atoms with Crippen molar-refractivity contribution in [2.45, 2.75) is 12.0 Å². The van der Waals surface area contributed by atoms with Gasteiger partial charge < -0.3 is 10.5 Å². The van der Waals surface area contributed by atoms with E-state index in [0.29, 0.717) is 5.56 Å². The summed E-state index contributed by atoms with van der Waals surface area (Å²) in [6, 6.07) is 6.66. The Balaban J connectivity index is 2.52. The van der Waals surface area contributed by atoms with Crippen LogP contribution in [0.3, 0.4) is 0 Å². The molecule has 1 atom stereocenters. The Morgan fingerprint density at radius 1 is 1.47 bits per heavy atom. The minimum Gasteiger partial charge on any atom is -0.385 e. The second-order valence-corrected chi connectivity index (χ2v) is 4.75. The molecule has 1 aromatic rings. The van der Waals surface area contributed by atoms with E-state index in [1.165, 1.54) is 0 Å². The van der Waals surface area contributed by atoms with E-state index in [4.69, 9.17) is 10.5 Å². The van der Waals surface area contributed by atoms with Gasteiger partial charge in [-0.1, -0.05) is 28.1 Å². The highest BCUT2D eigenvalue weighted by Crippen LogP contribution is 2.36. The minimum absolute atomic E-state index is 0.0940. The van der Waals surface area contributed by atoms with Crippen LogP contribution >= 0.6 is 15.9 Å². The third kappa shape index (κ3) is 2.32. The summed E-state index contributed by atoms with van der Waals surface area (Å²) in [5, 5.41) is 0. The summed E-state index contributed by atoms with van der Waals surface area (Å²) in [5.74, 6) is 0.0940. The quantitative estimate of drug-likeness (QED) is 0.911. The van der Waals surface area contributed by atoms with Gasteiger partial charge in [-0.05, 0) is 17.7 Å². The van der Waals surface area contributed by atoms with Gasteiger partial charge in [-0.2, -0.15) is 0 Å². The molecule has 1 heterocycles. The fraction of sp³-hybridized carbons (Fsp3) is 0.364. The molecule has 1 aliphatic heterocycles. The van der Waals surface area contributed by atoms with Gasteiger partial charge in [-0.25, -0.2) is 8.78 Å². The summed E-state index contributed by atoms with van der Waals surface area (Å²) < 4.78 is 32.4. The van der Waals surface area contributed by atoms with Crippen LogP contribution in [0.2, 0.25) is 0 Å². The standard InChI is InChI=1S/C11H11BrF2N2O/c12-8-3-1-2-7(4-8)11(10(13)14)6-17-5-9(15)16-11/h1-4,10H,5-6H2,(H2,15,16). The highest BCUT2D eigenvalue weighted by Gasteiger charge is 2.44. The Morgan fingerprint density at radius 3 is 2.82 bits per heavy atom. The smallest absolute Gasteiger partial charge is 0.269 e. The molecule has 1 aromatic carbocycles. The summed E-state index contributed by atoms with van der Waals surface area (Å²) in [6.45, 7) is -0.0652. The predicted molar refractivity (Wildman–Crippen MR) is 64.3 cm³/mol. The summed E-state index contributed by atoms with van der Waals surface area (Å²) in [4.78, 5) is 3.92. The lowest BCUT2D eigenvalue weighted by Crippen LogP contribution is -2.44. The fourth-order valence-corrected chi connectivity index (χ4v) is 2.17. The van der Waals surface area contributed by atoms with Crippen molar-refractivity contribution < 1.29 is 13.5 Å². The zero-order valence-corrected chi connectivity index (χ0v) is 10.5. The molecule has 92 valence electrons. The summed E-state index contributed by atoms with van der Waals surface area (Å²) in [6.07, 6.45) is -2.67. The number of ether oxygens (including phenoxy) is 1. The van der Waals surface area contributed by atoms with Crippen LogP contribution in [-0.2, 0) is 10.3 Å². The number of rotatable bonds is 2. The Hall–Kier alpha value is -1.01. The second kappa shape index (κ2) is 4.70. The van der Waals surface area contributed by atoms with Gasteiger partial charge in [0.1, 0.15) is 12.4 Å². The minimum atomic E-state index is -2.67. The van der Waals surface area contributed by atoms with Crippen LogP contribution in [-0.4, -0.2) is 25.5 Å². The highest BCUT2D eigenvalue weighted by molar-refractivity contribution is 9.10. The van der Waals surface area contributed by atoms with Crippen LogP contribution in [0.15, 0.2) is 33.7 Å². The van der Waals surface area contributed by atoms with Gasteiger partial charge in [0, 0.05) is 4.47 Å². The first kappa shape index (κ1) is 12.4. The highest BCUT2D eigenvalue weighted by atomic mass is 79.9. The number of aliphatic imine (C=N–C) groups is 1. The Labute approximate surface area is 106 Å². The number of nitrogens with two attached hydrogens (primary N) is 1. The number of benzene rings is 1. The van der Waals surface area contributed by atoms with Crippen molar-refractivity contribution in [3.8, 4) is 0 Å². The van der Waals surface area contributed by atoms with Gasteiger partial charge in [0.05, 0.1) is 6.61 Å². The summed E-state index contributed by atoms with van der Waals surface area (Å²) >= 11 is 3.25. The van der Waals surface area contributed by atoms with E-state index in [1.54, 1.807) is 24.3 Å². The van der Waals surface area contributed by atoms with Crippen molar-refractivity contribution in [3.63, 3.8) is 0 Å². The van der Waals surface area contributed by atoms with Crippen molar-refractivity contribution >= 4 is 21.8 Å². The molecule has 0 saturated carbocycles. The van der Waals surface area contributed by atoms with Crippen LogP contribution in [0.25, 0.3) is 0 Å². The second-order valence-electron chi connectivity index (χ2n) is 3.83. The normalized spacial score (nSPS) is 24.8. The number of alkyl halides is 2. The summed E-state index contributed by atoms with van der Waals surface area (Å²) in [7, 11) is 0. The first-order valence-electron chi connectivity index (χ1n) is 5.01. The van der Waals surface area contributed by atoms with Gasteiger partial charge in [0.15, 0.2) is 5.54 Å². The molecule has 2 N–H and O–H groups in total. The fourth-order valence-electron chi connectivity index (χ4n) is 1.78. The maximum atomic E-state index is 13.3. The third-order valence-corrected chi connectivity index (χ3v) is 3.09. The van der Waals surface area contributed by atoms with Crippen LogP contribution in [0, 0.1) is 0 Å². The molecule has 1 aliphatic rings. The van der Waals surface area contributed by atoms with Gasteiger partial charge in [0.25, 0.3) is 6.43 Å². The molecule has 0 fully saturated rings. The topological polar surface area (TPSA) is 47.6 Å². The van der Waals surface area contributed by atoms with Crippen LogP contribution in [0.1, 0.15) is 5.56 Å². The lowest BCUT2D eigenvalue weighted by molar-refractivity contribution is -0.0129. The van der Waals surface area contributed by atoms with Crippen LogP contribution in [0.4, 0.5) is 8.78 Å². The molecule has 0 aliphatic carbocycles. The number of hydrogen-bond donors (Lipinski definition) is 1. The lowest BCUT2D eigenvalue weighted by atomic mass is 9.91. The lowest BCUT2D eigenvalue weighted by Gasteiger charge is -2.33. The van der Waals surface area contributed by atoms with E-state index in [2.05, 4.69) is 20.9 Å². The summed E-state index contributed by atoms with van der Waals surface area (Å²) in [5.41, 5.74) is 4.21. The largest absolute Gasteiger partial charge is 0.385 e. The van der Waals surface area contributed by atoms with Gasteiger partial charge in [0.2, 0.25) is 0 Å². The van der Waals surface area contributed by atoms with Crippen molar-refractivity contribution in [1.29, 1.82) is 0 Å². The molecule has 0 bridgehead atoms. The maximum Gasteiger partial charge on any atom is 0.269 e.